The van der Waals surface area contributed by atoms with Gasteiger partial charge in [-0.05, 0) is 23.8 Å². The highest BCUT2D eigenvalue weighted by molar-refractivity contribution is 6.12. The molecular formula is C21H23N2O+. The van der Waals surface area contributed by atoms with Crippen molar-refractivity contribution in [3.63, 3.8) is 0 Å². The molecule has 1 aliphatic rings. The highest BCUT2D eigenvalue weighted by Crippen LogP contribution is 2.21. The van der Waals surface area contributed by atoms with E-state index in [2.05, 4.69) is 64.5 Å². The molecule has 0 atom stereocenters. The lowest BCUT2D eigenvalue weighted by molar-refractivity contribution is -0.517. The zero-order valence-corrected chi connectivity index (χ0v) is 14.0. The Bertz CT molecular complexity index is 761. The van der Waals surface area contributed by atoms with Crippen molar-refractivity contribution in [1.82, 2.24) is 5.32 Å². The van der Waals surface area contributed by atoms with Gasteiger partial charge in [0.2, 0.25) is 11.6 Å². The van der Waals surface area contributed by atoms with Gasteiger partial charge in [-0.25, -0.2) is 4.58 Å². The topological polar surface area (TPSA) is 32.1 Å². The van der Waals surface area contributed by atoms with Crippen LogP contribution in [-0.2, 0) is 4.79 Å². The van der Waals surface area contributed by atoms with Crippen molar-refractivity contribution in [2.45, 2.75) is 13.3 Å². The van der Waals surface area contributed by atoms with E-state index in [4.69, 9.17) is 0 Å². The van der Waals surface area contributed by atoms with Crippen molar-refractivity contribution in [2.75, 3.05) is 19.6 Å². The van der Waals surface area contributed by atoms with E-state index >= 15 is 0 Å². The molecule has 1 heterocycles. The maximum atomic E-state index is 11.1. The fourth-order valence-electron chi connectivity index (χ4n) is 3.13. The van der Waals surface area contributed by atoms with Gasteiger partial charge in [-0.3, -0.25) is 4.79 Å². The second-order valence-electron chi connectivity index (χ2n) is 6.01. The zero-order valence-electron chi connectivity index (χ0n) is 14.0. The largest absolute Gasteiger partial charge is 0.350 e. The average molecular weight is 319 g/mol. The first-order valence-corrected chi connectivity index (χ1v) is 8.42. The van der Waals surface area contributed by atoms with Crippen LogP contribution in [-0.4, -0.2) is 35.8 Å². The summed E-state index contributed by atoms with van der Waals surface area (Å²) in [5.41, 5.74) is 5.10. The Kier molecular flexibility index (Phi) is 5.22. The van der Waals surface area contributed by atoms with E-state index in [1.165, 1.54) is 22.4 Å². The molecule has 0 spiro atoms. The number of hydrogen-bond donors (Lipinski definition) is 1. The number of amides is 1. The summed E-state index contributed by atoms with van der Waals surface area (Å²) in [6.45, 7) is 4.05. The maximum absolute atomic E-state index is 11.1. The van der Waals surface area contributed by atoms with Crippen LogP contribution in [0.15, 0.2) is 66.2 Å². The second kappa shape index (κ2) is 7.73. The molecule has 3 heteroatoms. The molecule has 0 saturated carbocycles. The smallest absolute Gasteiger partial charge is 0.217 e. The Morgan fingerprint density at radius 3 is 2.42 bits per heavy atom. The molecule has 3 nitrogen and oxygen atoms in total. The summed E-state index contributed by atoms with van der Waals surface area (Å²) in [6, 6.07) is 21.0. The van der Waals surface area contributed by atoms with Crippen LogP contribution in [0.3, 0.4) is 0 Å². The van der Waals surface area contributed by atoms with Gasteiger partial charge >= 0.3 is 0 Å². The van der Waals surface area contributed by atoms with Crippen LogP contribution in [0.4, 0.5) is 0 Å². The number of rotatable bonds is 5. The zero-order chi connectivity index (χ0) is 16.8. The molecule has 0 aromatic heterocycles. The van der Waals surface area contributed by atoms with Crippen LogP contribution >= 0.6 is 0 Å². The lowest BCUT2D eigenvalue weighted by atomic mass is 10.00. The van der Waals surface area contributed by atoms with Gasteiger partial charge in [-0.1, -0.05) is 48.5 Å². The predicted octanol–water partition coefficient (Wildman–Crippen LogP) is 3.11. The van der Waals surface area contributed by atoms with E-state index in [0.717, 1.165) is 19.5 Å². The van der Waals surface area contributed by atoms with Gasteiger partial charge in [0.1, 0.15) is 6.54 Å². The summed E-state index contributed by atoms with van der Waals surface area (Å²) in [6.07, 6.45) is 3.31. The molecule has 2 aromatic rings. The molecule has 24 heavy (non-hydrogen) atoms. The van der Waals surface area contributed by atoms with Crippen LogP contribution in [0.2, 0.25) is 0 Å². The van der Waals surface area contributed by atoms with E-state index in [1.807, 2.05) is 12.1 Å². The van der Waals surface area contributed by atoms with E-state index in [0.29, 0.717) is 6.54 Å². The Balaban J connectivity index is 1.93. The van der Waals surface area contributed by atoms with Crippen LogP contribution in [0.5, 0.6) is 0 Å². The average Bonchev–Trinajstić information content (AvgIpc) is 2.99. The van der Waals surface area contributed by atoms with Gasteiger partial charge in [0.15, 0.2) is 6.54 Å². The van der Waals surface area contributed by atoms with E-state index in [9.17, 15) is 4.79 Å². The van der Waals surface area contributed by atoms with Gasteiger partial charge in [-0.15, -0.1) is 0 Å². The van der Waals surface area contributed by atoms with E-state index < -0.39 is 0 Å². The lowest BCUT2D eigenvalue weighted by Gasteiger charge is -2.05. The highest BCUT2D eigenvalue weighted by atomic mass is 16.1. The second-order valence-corrected chi connectivity index (χ2v) is 6.01. The first-order valence-electron chi connectivity index (χ1n) is 8.42. The van der Waals surface area contributed by atoms with Crippen molar-refractivity contribution < 1.29 is 9.37 Å². The molecule has 0 fully saturated rings. The van der Waals surface area contributed by atoms with Crippen molar-refractivity contribution >= 4 is 17.7 Å². The third-order valence-electron chi connectivity index (χ3n) is 4.21. The van der Waals surface area contributed by atoms with Gasteiger partial charge < -0.3 is 5.32 Å². The van der Waals surface area contributed by atoms with Crippen LogP contribution in [0, 0.1) is 0 Å². The van der Waals surface area contributed by atoms with Crippen molar-refractivity contribution in [1.29, 1.82) is 0 Å². The number of carbonyl (C=O) groups is 1. The molecule has 0 aliphatic carbocycles. The van der Waals surface area contributed by atoms with Crippen LogP contribution in [0.1, 0.15) is 24.5 Å². The molecule has 0 saturated heterocycles. The van der Waals surface area contributed by atoms with Crippen LogP contribution in [0.25, 0.3) is 6.08 Å². The molecular weight excluding hydrogens is 296 g/mol. The summed E-state index contributed by atoms with van der Waals surface area (Å²) >= 11 is 0. The molecule has 0 bridgehead atoms. The summed E-state index contributed by atoms with van der Waals surface area (Å²) in [5.74, 6) is 0.0236. The molecule has 1 N–H and O–H groups in total. The Labute approximate surface area is 143 Å². The SMILES string of the molecule is CC(=O)NCC[N+]1=C(c2ccccc2)/C(=C\c2ccccc2)CC1. The lowest BCUT2D eigenvalue weighted by Crippen LogP contribution is -2.30. The van der Waals surface area contributed by atoms with Crippen LogP contribution < -0.4 is 5.32 Å². The molecule has 1 aliphatic heterocycles. The van der Waals surface area contributed by atoms with Crippen molar-refractivity contribution in [3.05, 3.63) is 77.4 Å². The fraction of sp³-hybridized carbons (Fsp3) is 0.238. The standard InChI is InChI=1S/C21H22N2O/c1-17(24)22-13-15-23-14-12-20(16-18-8-4-2-5-9-18)21(23)19-10-6-3-7-11-19/h2-11,16H,12-15H2,1H3/p+1/b20-16-. The Morgan fingerprint density at radius 1 is 1.08 bits per heavy atom. The summed E-state index contributed by atoms with van der Waals surface area (Å²) in [4.78, 5) is 11.1. The maximum Gasteiger partial charge on any atom is 0.217 e. The number of nitrogens with one attached hydrogen (secondary N) is 1. The van der Waals surface area contributed by atoms with E-state index in [-0.39, 0.29) is 5.91 Å². The number of benzene rings is 2. The predicted molar refractivity (Wildman–Crippen MR) is 98.3 cm³/mol. The molecule has 3 rings (SSSR count). The van der Waals surface area contributed by atoms with Gasteiger partial charge in [0, 0.05) is 24.5 Å². The highest BCUT2D eigenvalue weighted by Gasteiger charge is 2.28. The molecule has 2 aromatic carbocycles. The summed E-state index contributed by atoms with van der Waals surface area (Å²) in [7, 11) is 0. The van der Waals surface area contributed by atoms with Gasteiger partial charge in [0.05, 0.1) is 6.54 Å². The van der Waals surface area contributed by atoms with Gasteiger partial charge in [-0.2, -0.15) is 0 Å². The fourth-order valence-corrected chi connectivity index (χ4v) is 3.13. The van der Waals surface area contributed by atoms with Crippen molar-refractivity contribution in [2.24, 2.45) is 0 Å². The quantitative estimate of drug-likeness (QED) is 0.844. The normalized spacial score (nSPS) is 15.8. The number of hydrogen-bond acceptors (Lipinski definition) is 1. The number of carbonyl (C=O) groups excluding carboxylic acids is 1. The molecule has 122 valence electrons. The van der Waals surface area contributed by atoms with E-state index in [1.54, 1.807) is 6.92 Å². The molecule has 0 unspecified atom stereocenters. The molecule has 0 radical (unpaired) electrons. The first-order chi connectivity index (χ1) is 11.7. The summed E-state index contributed by atoms with van der Waals surface area (Å²) in [5, 5.41) is 2.90. The number of nitrogens with zero attached hydrogens (tertiary/aromatic N) is 1. The van der Waals surface area contributed by atoms with Gasteiger partial charge in [0.25, 0.3) is 0 Å². The Hall–Kier alpha value is -2.68. The Morgan fingerprint density at radius 2 is 1.75 bits per heavy atom. The minimum Gasteiger partial charge on any atom is -0.350 e. The third-order valence-corrected chi connectivity index (χ3v) is 4.21. The molecule has 1 amide bonds. The summed E-state index contributed by atoms with van der Waals surface area (Å²) < 4.78 is 2.38. The monoisotopic (exact) mass is 319 g/mol. The first kappa shape index (κ1) is 16.2. The minimum absolute atomic E-state index is 0.0236. The minimum atomic E-state index is 0.0236. The van der Waals surface area contributed by atoms with Crippen molar-refractivity contribution in [3.8, 4) is 0 Å². The third kappa shape index (κ3) is 3.99.